The SMILES string of the molecule is NCC1(NCc2ccc(N)cc2)CNCCNCC2(N)CNCCN(CCNC2)C1. The van der Waals surface area contributed by atoms with Crippen molar-refractivity contribution in [2.45, 2.75) is 17.6 Å². The van der Waals surface area contributed by atoms with E-state index in [1.165, 1.54) is 5.56 Å². The molecule has 1 aromatic rings. The molecule has 1 atom stereocenters. The molecule has 3 saturated heterocycles. The predicted octanol–water partition coefficient (Wildman–Crippen LogP) is -2.56. The molecular formula is C21H41N9. The Morgan fingerprint density at radius 1 is 0.867 bits per heavy atom. The number of anilines is 1. The van der Waals surface area contributed by atoms with Crippen LogP contribution in [0.5, 0.6) is 0 Å². The highest BCUT2D eigenvalue weighted by Crippen LogP contribution is 2.11. The monoisotopic (exact) mass is 419 g/mol. The molecule has 3 aliphatic heterocycles. The third-order valence-electron chi connectivity index (χ3n) is 6.15. The lowest BCUT2D eigenvalue weighted by Crippen LogP contribution is -2.66. The molecule has 30 heavy (non-hydrogen) atoms. The van der Waals surface area contributed by atoms with Crippen molar-refractivity contribution in [3.8, 4) is 0 Å². The lowest BCUT2D eigenvalue weighted by atomic mass is 9.96. The third-order valence-corrected chi connectivity index (χ3v) is 6.15. The number of hydrogen-bond donors (Lipinski definition) is 8. The summed E-state index contributed by atoms with van der Waals surface area (Å²) in [7, 11) is 0. The van der Waals surface area contributed by atoms with Gasteiger partial charge in [0.25, 0.3) is 0 Å². The first-order chi connectivity index (χ1) is 14.5. The van der Waals surface area contributed by atoms with E-state index in [9.17, 15) is 0 Å². The molecule has 2 bridgehead atoms. The average Bonchev–Trinajstić information content (AvgIpc) is 2.75. The summed E-state index contributed by atoms with van der Waals surface area (Å²) >= 11 is 0. The Bertz CT molecular complexity index is 606. The standard InChI is InChI=1S/C21H41N9/c22-12-21(29-11-18-1-3-19(23)4-2-18)16-26-6-5-25-13-20(24)14-27-7-9-30(17-21)10-8-28-15-20/h1-4,25-29H,5-17,22-24H2. The van der Waals surface area contributed by atoms with Gasteiger partial charge in [-0.3, -0.25) is 4.90 Å². The van der Waals surface area contributed by atoms with Gasteiger partial charge in [0, 0.05) is 90.8 Å². The zero-order chi connectivity index (χ0) is 21.3. The number of nitrogen functional groups attached to an aromatic ring is 1. The molecule has 3 aliphatic rings. The molecule has 9 heteroatoms. The number of benzene rings is 1. The van der Waals surface area contributed by atoms with Crippen molar-refractivity contribution >= 4 is 5.69 Å². The van der Waals surface area contributed by atoms with Crippen molar-refractivity contribution < 1.29 is 0 Å². The minimum atomic E-state index is -0.270. The number of nitrogens with one attached hydrogen (secondary N) is 5. The van der Waals surface area contributed by atoms with E-state index >= 15 is 0 Å². The molecule has 0 saturated carbocycles. The molecular weight excluding hydrogens is 378 g/mol. The highest BCUT2D eigenvalue weighted by Gasteiger charge is 2.31. The number of hydrogen-bond acceptors (Lipinski definition) is 9. The van der Waals surface area contributed by atoms with Gasteiger partial charge < -0.3 is 43.8 Å². The summed E-state index contributed by atoms with van der Waals surface area (Å²) in [5.74, 6) is 0. The van der Waals surface area contributed by atoms with Crippen molar-refractivity contribution in [3.05, 3.63) is 29.8 Å². The maximum absolute atomic E-state index is 6.63. The van der Waals surface area contributed by atoms with E-state index in [0.29, 0.717) is 6.54 Å². The molecule has 0 aliphatic carbocycles. The Morgan fingerprint density at radius 3 is 2.03 bits per heavy atom. The molecule has 4 rings (SSSR count). The van der Waals surface area contributed by atoms with Gasteiger partial charge in [-0.25, -0.2) is 0 Å². The van der Waals surface area contributed by atoms with Gasteiger partial charge in [-0.15, -0.1) is 0 Å². The van der Waals surface area contributed by atoms with Crippen LogP contribution in [0.1, 0.15) is 5.56 Å². The molecule has 1 aromatic carbocycles. The fraction of sp³-hybridized carbons (Fsp3) is 0.714. The summed E-state index contributed by atoms with van der Waals surface area (Å²) in [6.45, 7) is 10.9. The van der Waals surface area contributed by atoms with Gasteiger partial charge in [-0.1, -0.05) is 12.1 Å². The second-order valence-corrected chi connectivity index (χ2v) is 8.93. The number of fused-ring (bicyclic) bond motifs is 13. The zero-order valence-electron chi connectivity index (χ0n) is 18.2. The molecule has 3 fully saturated rings. The van der Waals surface area contributed by atoms with Crippen molar-refractivity contribution in [2.24, 2.45) is 11.5 Å². The van der Waals surface area contributed by atoms with E-state index in [0.717, 1.165) is 84.2 Å². The molecule has 0 radical (unpaired) electrons. The zero-order valence-corrected chi connectivity index (χ0v) is 18.2. The van der Waals surface area contributed by atoms with Crippen molar-refractivity contribution in [3.63, 3.8) is 0 Å². The van der Waals surface area contributed by atoms with Crippen LogP contribution in [0, 0.1) is 0 Å². The van der Waals surface area contributed by atoms with Gasteiger partial charge in [0.15, 0.2) is 0 Å². The van der Waals surface area contributed by atoms with Crippen LogP contribution in [-0.4, -0.2) is 94.5 Å². The summed E-state index contributed by atoms with van der Waals surface area (Å²) in [4.78, 5) is 2.50. The van der Waals surface area contributed by atoms with E-state index in [2.05, 4.69) is 43.6 Å². The van der Waals surface area contributed by atoms with E-state index < -0.39 is 0 Å². The van der Waals surface area contributed by atoms with Gasteiger partial charge in [0.05, 0.1) is 11.1 Å². The first-order valence-electron chi connectivity index (χ1n) is 11.2. The van der Waals surface area contributed by atoms with Gasteiger partial charge >= 0.3 is 0 Å². The molecule has 0 aromatic heterocycles. The highest BCUT2D eigenvalue weighted by molar-refractivity contribution is 5.39. The first kappa shape index (κ1) is 23.4. The third kappa shape index (κ3) is 7.14. The molecule has 11 N–H and O–H groups in total. The van der Waals surface area contributed by atoms with Gasteiger partial charge in [0.1, 0.15) is 0 Å². The fourth-order valence-electron chi connectivity index (χ4n) is 4.18. The van der Waals surface area contributed by atoms with E-state index in [-0.39, 0.29) is 11.1 Å². The highest BCUT2D eigenvalue weighted by atomic mass is 15.2. The van der Waals surface area contributed by atoms with E-state index in [4.69, 9.17) is 17.2 Å². The minimum Gasteiger partial charge on any atom is -0.399 e. The summed E-state index contributed by atoms with van der Waals surface area (Å²) in [6.07, 6.45) is 0. The summed E-state index contributed by atoms with van der Waals surface area (Å²) in [6, 6.07) is 8.04. The predicted molar refractivity (Wildman–Crippen MR) is 124 cm³/mol. The molecule has 9 nitrogen and oxygen atoms in total. The summed E-state index contributed by atoms with van der Waals surface area (Å²) in [5, 5.41) is 18.0. The van der Waals surface area contributed by atoms with Crippen LogP contribution >= 0.6 is 0 Å². The van der Waals surface area contributed by atoms with Crippen LogP contribution in [0.3, 0.4) is 0 Å². The minimum absolute atomic E-state index is 0.215. The number of rotatable bonds is 4. The quantitative estimate of drug-likeness (QED) is 0.247. The number of nitrogens with two attached hydrogens (primary N) is 3. The van der Waals surface area contributed by atoms with Gasteiger partial charge in [0.2, 0.25) is 0 Å². The van der Waals surface area contributed by atoms with E-state index in [1.54, 1.807) is 0 Å². The molecule has 3 heterocycles. The lowest BCUT2D eigenvalue weighted by molar-refractivity contribution is 0.169. The van der Waals surface area contributed by atoms with Crippen LogP contribution in [-0.2, 0) is 6.54 Å². The van der Waals surface area contributed by atoms with Crippen LogP contribution in [0.2, 0.25) is 0 Å². The second kappa shape index (κ2) is 11.4. The second-order valence-electron chi connectivity index (χ2n) is 8.93. The van der Waals surface area contributed by atoms with Crippen LogP contribution in [0.25, 0.3) is 0 Å². The Balaban J connectivity index is 1.71. The normalized spacial score (nSPS) is 32.1. The van der Waals surface area contributed by atoms with Crippen molar-refractivity contribution in [1.29, 1.82) is 0 Å². The maximum atomic E-state index is 6.63. The van der Waals surface area contributed by atoms with Crippen LogP contribution < -0.4 is 43.8 Å². The van der Waals surface area contributed by atoms with Crippen LogP contribution in [0.4, 0.5) is 5.69 Å². The number of nitrogens with zero attached hydrogens (tertiary/aromatic N) is 1. The lowest BCUT2D eigenvalue weighted by Gasteiger charge is -2.40. The summed E-state index contributed by atoms with van der Waals surface area (Å²) < 4.78 is 0. The van der Waals surface area contributed by atoms with Crippen molar-refractivity contribution in [2.75, 3.05) is 84.3 Å². The molecule has 0 amide bonds. The van der Waals surface area contributed by atoms with Gasteiger partial charge in [-0.2, -0.15) is 0 Å². The molecule has 170 valence electrons. The van der Waals surface area contributed by atoms with Crippen molar-refractivity contribution in [1.82, 2.24) is 31.5 Å². The fourth-order valence-corrected chi connectivity index (χ4v) is 4.18. The van der Waals surface area contributed by atoms with E-state index in [1.807, 2.05) is 12.1 Å². The van der Waals surface area contributed by atoms with Crippen LogP contribution in [0.15, 0.2) is 24.3 Å². The Kier molecular flexibility index (Phi) is 8.84. The van der Waals surface area contributed by atoms with Gasteiger partial charge in [-0.05, 0) is 17.7 Å². The molecule has 1 unspecified atom stereocenters. The largest absolute Gasteiger partial charge is 0.399 e. The maximum Gasteiger partial charge on any atom is 0.0561 e. The Hall–Kier alpha value is -1.30. The Labute approximate surface area is 180 Å². The topological polar surface area (TPSA) is 141 Å². The first-order valence-corrected chi connectivity index (χ1v) is 11.2. The average molecular weight is 420 g/mol. The molecule has 0 spiro atoms. The summed E-state index contributed by atoms with van der Waals surface area (Å²) in [5.41, 5.74) is 20.3. The Morgan fingerprint density at radius 2 is 1.43 bits per heavy atom. The smallest absolute Gasteiger partial charge is 0.0561 e.